The van der Waals surface area contributed by atoms with Gasteiger partial charge in [-0.3, -0.25) is 10.3 Å². The van der Waals surface area contributed by atoms with E-state index in [1.54, 1.807) is 6.07 Å². The van der Waals surface area contributed by atoms with E-state index in [1.807, 2.05) is 54.9 Å². The number of carbonyl (C=O) groups is 1. The minimum atomic E-state index is -0.499. The van der Waals surface area contributed by atoms with E-state index in [0.29, 0.717) is 22.3 Å². The number of pyridine rings is 1. The fourth-order valence-corrected chi connectivity index (χ4v) is 4.34. The predicted octanol–water partition coefficient (Wildman–Crippen LogP) is 6.48. The number of imidazole rings is 1. The van der Waals surface area contributed by atoms with E-state index in [2.05, 4.69) is 21.1 Å². The number of methoxy groups -OCH3 is 1. The molecule has 0 saturated heterocycles. The van der Waals surface area contributed by atoms with Gasteiger partial charge in [-0.2, -0.15) is 0 Å². The number of anilines is 2. The number of aromatic nitrogens is 3. The molecule has 0 bridgehead atoms. The molecule has 1 saturated carbocycles. The first kappa shape index (κ1) is 22.9. The van der Waals surface area contributed by atoms with Crippen LogP contribution in [0.5, 0.6) is 0 Å². The highest BCUT2D eigenvalue weighted by atomic mass is 35.5. The number of rotatable bonds is 7. The van der Waals surface area contributed by atoms with Crippen molar-refractivity contribution >= 4 is 29.1 Å². The van der Waals surface area contributed by atoms with Crippen LogP contribution in [0.4, 0.5) is 16.2 Å². The van der Waals surface area contributed by atoms with Crippen LogP contribution in [0.1, 0.15) is 36.7 Å². The molecule has 2 aromatic heterocycles. The number of halogens is 1. The van der Waals surface area contributed by atoms with Gasteiger partial charge in [-0.25, -0.2) is 9.78 Å². The zero-order chi connectivity index (χ0) is 24.4. The van der Waals surface area contributed by atoms with Gasteiger partial charge in [0.1, 0.15) is 5.82 Å². The van der Waals surface area contributed by atoms with Gasteiger partial charge in [0.2, 0.25) is 0 Å². The Labute approximate surface area is 208 Å². The third-order valence-corrected chi connectivity index (χ3v) is 6.52. The van der Waals surface area contributed by atoms with Gasteiger partial charge in [0.05, 0.1) is 30.6 Å². The molecule has 1 aliphatic carbocycles. The first-order chi connectivity index (χ1) is 17.0. The molecule has 5 rings (SSSR count). The Hall–Kier alpha value is -3.84. The fourth-order valence-electron chi connectivity index (χ4n) is 4.17. The van der Waals surface area contributed by atoms with E-state index in [1.165, 1.54) is 20.0 Å². The average Bonchev–Trinajstić information content (AvgIpc) is 3.58. The van der Waals surface area contributed by atoms with Crippen molar-refractivity contribution in [3.63, 3.8) is 0 Å². The zero-order valence-corrected chi connectivity index (χ0v) is 20.0. The Morgan fingerprint density at radius 1 is 1.11 bits per heavy atom. The number of benzene rings is 2. The summed E-state index contributed by atoms with van der Waals surface area (Å²) in [7, 11) is 1.34. The lowest BCUT2D eigenvalue weighted by Crippen LogP contribution is -2.10. The number of nitrogens with two attached hydrogens (primary N) is 1. The molecule has 1 amide bonds. The maximum atomic E-state index is 11.4. The summed E-state index contributed by atoms with van der Waals surface area (Å²) >= 11 is 6.17. The Morgan fingerprint density at radius 3 is 2.57 bits per heavy atom. The van der Waals surface area contributed by atoms with Gasteiger partial charge in [-0.15, -0.1) is 0 Å². The molecule has 2 heterocycles. The summed E-state index contributed by atoms with van der Waals surface area (Å²) in [5.74, 6) is 1.66. The quantitative estimate of drug-likeness (QED) is 0.258. The molecule has 178 valence electrons. The van der Waals surface area contributed by atoms with Gasteiger partial charge in [-0.05, 0) is 54.3 Å². The second-order valence-corrected chi connectivity index (χ2v) is 9.25. The number of nitrogens with one attached hydrogen (secondary N) is 2. The molecule has 8 heteroatoms. The van der Waals surface area contributed by atoms with Gasteiger partial charge >= 0.3 is 6.09 Å². The van der Waals surface area contributed by atoms with Crippen LogP contribution in [0.25, 0.3) is 22.4 Å². The van der Waals surface area contributed by atoms with Crippen molar-refractivity contribution in [1.29, 1.82) is 0 Å². The first-order valence-corrected chi connectivity index (χ1v) is 11.9. The summed E-state index contributed by atoms with van der Waals surface area (Å²) in [5, 5.41) is 3.30. The molecule has 0 spiro atoms. The Bertz CT molecular complexity index is 1330. The smallest absolute Gasteiger partial charge is 0.411 e. The molecule has 35 heavy (non-hydrogen) atoms. The second kappa shape index (κ2) is 9.80. The van der Waals surface area contributed by atoms with Crippen LogP contribution in [0.2, 0.25) is 5.02 Å². The van der Waals surface area contributed by atoms with Crippen LogP contribution in [0.3, 0.4) is 0 Å². The molecule has 1 aliphatic rings. The predicted molar refractivity (Wildman–Crippen MR) is 138 cm³/mol. The summed E-state index contributed by atoms with van der Waals surface area (Å²) in [6.07, 6.45) is 6.69. The molecule has 4 N–H and O–H groups in total. The van der Waals surface area contributed by atoms with Gasteiger partial charge < -0.3 is 15.5 Å². The van der Waals surface area contributed by atoms with Gasteiger partial charge in [-0.1, -0.05) is 42.6 Å². The van der Waals surface area contributed by atoms with E-state index < -0.39 is 6.09 Å². The van der Waals surface area contributed by atoms with Crippen molar-refractivity contribution in [3.8, 4) is 22.4 Å². The number of nitrogen functional groups attached to an aromatic ring is 1. The summed E-state index contributed by atoms with van der Waals surface area (Å²) in [6.45, 7) is 0. The summed E-state index contributed by atoms with van der Waals surface area (Å²) < 4.78 is 4.64. The van der Waals surface area contributed by atoms with Crippen molar-refractivity contribution in [2.24, 2.45) is 5.92 Å². The molecule has 4 aromatic rings. The maximum absolute atomic E-state index is 11.4. The molecule has 1 atom stereocenters. The Kier molecular flexibility index (Phi) is 6.42. The van der Waals surface area contributed by atoms with Crippen LogP contribution in [-0.2, 0) is 4.74 Å². The van der Waals surface area contributed by atoms with Crippen LogP contribution in [0, 0.1) is 5.92 Å². The lowest BCUT2D eigenvalue weighted by molar-refractivity contribution is 0.187. The molecular formula is C27H26ClN5O2. The molecule has 1 unspecified atom stereocenters. The number of aromatic amines is 1. The Balaban J connectivity index is 1.39. The number of ether oxygens (including phenoxy) is 1. The molecular weight excluding hydrogens is 462 g/mol. The van der Waals surface area contributed by atoms with Crippen molar-refractivity contribution in [2.75, 3.05) is 18.2 Å². The summed E-state index contributed by atoms with van der Waals surface area (Å²) in [5.41, 5.74) is 12.2. The Morgan fingerprint density at radius 2 is 1.89 bits per heavy atom. The van der Waals surface area contributed by atoms with Crippen molar-refractivity contribution in [1.82, 2.24) is 15.0 Å². The SMILES string of the molecule is COC(=O)Nc1ccc(-c2cnc(C(CC3CC3)c3ccc(-c4cc(Cl)ccc4N)cn3)[nH]2)cc1. The standard InChI is InChI=1S/C27H26ClN5O2/c1-35-27(34)32-20-8-4-17(5-9-20)25-15-31-26(33-25)22(12-16-2-3-16)24-11-6-18(14-30-24)21-13-19(28)7-10-23(21)29/h4-11,13-16,22H,2-3,12,29H2,1H3,(H,31,33)(H,32,34). The van der Waals surface area contributed by atoms with E-state index >= 15 is 0 Å². The number of H-pyrrole nitrogens is 1. The molecule has 7 nitrogen and oxygen atoms in total. The highest BCUT2D eigenvalue weighted by Crippen LogP contribution is 2.41. The number of carbonyl (C=O) groups excluding carboxylic acids is 1. The van der Waals surface area contributed by atoms with Crippen LogP contribution < -0.4 is 11.1 Å². The molecule has 2 aromatic carbocycles. The lowest BCUT2D eigenvalue weighted by atomic mass is 9.96. The molecule has 0 radical (unpaired) electrons. The average molecular weight is 488 g/mol. The van der Waals surface area contributed by atoms with Crippen LogP contribution >= 0.6 is 11.6 Å². The monoisotopic (exact) mass is 487 g/mol. The summed E-state index contributed by atoms with van der Waals surface area (Å²) in [4.78, 5) is 24.4. The van der Waals surface area contributed by atoms with Crippen molar-refractivity contribution < 1.29 is 9.53 Å². The van der Waals surface area contributed by atoms with Crippen LogP contribution in [0.15, 0.2) is 67.0 Å². The van der Waals surface area contributed by atoms with Crippen molar-refractivity contribution in [3.05, 3.63) is 83.5 Å². The highest BCUT2D eigenvalue weighted by Gasteiger charge is 2.29. The minimum absolute atomic E-state index is 0.0715. The number of hydrogen-bond donors (Lipinski definition) is 3. The third-order valence-electron chi connectivity index (χ3n) is 6.29. The van der Waals surface area contributed by atoms with E-state index in [4.69, 9.17) is 27.3 Å². The molecule has 1 fully saturated rings. The fraction of sp³-hybridized carbons (Fsp3) is 0.222. The third kappa shape index (κ3) is 5.30. The number of nitrogens with zero attached hydrogens (tertiary/aromatic N) is 2. The van der Waals surface area contributed by atoms with E-state index in [-0.39, 0.29) is 5.92 Å². The van der Waals surface area contributed by atoms with E-state index in [0.717, 1.165) is 40.3 Å². The van der Waals surface area contributed by atoms with Gasteiger partial charge in [0, 0.05) is 33.7 Å². The topological polar surface area (TPSA) is 106 Å². The zero-order valence-electron chi connectivity index (χ0n) is 19.3. The van der Waals surface area contributed by atoms with Crippen molar-refractivity contribution in [2.45, 2.75) is 25.2 Å². The highest BCUT2D eigenvalue weighted by molar-refractivity contribution is 6.31. The maximum Gasteiger partial charge on any atom is 0.411 e. The lowest BCUT2D eigenvalue weighted by Gasteiger charge is -2.15. The number of amides is 1. The van der Waals surface area contributed by atoms with E-state index in [9.17, 15) is 4.79 Å². The first-order valence-electron chi connectivity index (χ1n) is 11.5. The minimum Gasteiger partial charge on any atom is -0.453 e. The van der Waals surface area contributed by atoms with Gasteiger partial charge in [0.15, 0.2) is 0 Å². The molecule has 0 aliphatic heterocycles. The van der Waals surface area contributed by atoms with Crippen LogP contribution in [-0.4, -0.2) is 28.2 Å². The number of hydrogen-bond acceptors (Lipinski definition) is 5. The summed E-state index contributed by atoms with van der Waals surface area (Å²) in [6, 6.07) is 17.1. The second-order valence-electron chi connectivity index (χ2n) is 8.81. The largest absolute Gasteiger partial charge is 0.453 e. The normalized spacial score (nSPS) is 13.9. The van der Waals surface area contributed by atoms with Gasteiger partial charge in [0.25, 0.3) is 0 Å².